The number of nitrogens with zero attached hydrogens (tertiary/aromatic N) is 1. The van der Waals surface area contributed by atoms with E-state index < -0.39 is 21.7 Å². The van der Waals surface area contributed by atoms with Crippen molar-refractivity contribution in [2.45, 2.75) is 39.2 Å². The van der Waals surface area contributed by atoms with Gasteiger partial charge in [0, 0.05) is 32.2 Å². The highest BCUT2D eigenvalue weighted by atomic mass is 32.2. The molecular formula is C17H26F2N2O4S. The summed E-state index contributed by atoms with van der Waals surface area (Å²) >= 11 is 0. The van der Waals surface area contributed by atoms with Crippen LogP contribution in [0.1, 0.15) is 33.1 Å². The highest BCUT2D eigenvalue weighted by molar-refractivity contribution is 7.92. The van der Waals surface area contributed by atoms with Crippen molar-refractivity contribution in [2.24, 2.45) is 0 Å². The van der Waals surface area contributed by atoms with Crippen LogP contribution < -0.4 is 9.62 Å². The molecule has 0 fully saturated rings. The molecule has 0 radical (unpaired) electrons. The van der Waals surface area contributed by atoms with Crippen molar-refractivity contribution in [3.05, 3.63) is 29.8 Å². The Balaban J connectivity index is 2.48. The van der Waals surface area contributed by atoms with E-state index in [1.807, 2.05) is 13.8 Å². The maximum atomic E-state index is 13.4. The number of ether oxygens (including phenoxy) is 1. The van der Waals surface area contributed by atoms with Crippen LogP contribution in [0.3, 0.4) is 0 Å². The quantitative estimate of drug-likeness (QED) is 0.587. The molecule has 0 heterocycles. The Kier molecular flexibility index (Phi) is 8.94. The van der Waals surface area contributed by atoms with Gasteiger partial charge >= 0.3 is 0 Å². The van der Waals surface area contributed by atoms with E-state index in [4.69, 9.17) is 4.74 Å². The van der Waals surface area contributed by atoms with Crippen LogP contribution in [0, 0.1) is 11.6 Å². The van der Waals surface area contributed by atoms with Gasteiger partial charge in [-0.3, -0.25) is 9.10 Å². The Morgan fingerprint density at radius 1 is 1.23 bits per heavy atom. The predicted molar refractivity (Wildman–Crippen MR) is 96.5 cm³/mol. The molecule has 0 bridgehead atoms. The Morgan fingerprint density at radius 3 is 2.50 bits per heavy atom. The number of hydrogen-bond donors (Lipinski definition) is 1. The van der Waals surface area contributed by atoms with Gasteiger partial charge in [0.25, 0.3) is 0 Å². The normalized spacial score (nSPS) is 11.6. The van der Waals surface area contributed by atoms with Gasteiger partial charge in [-0.25, -0.2) is 17.2 Å². The van der Waals surface area contributed by atoms with Gasteiger partial charge in [0.15, 0.2) is 11.6 Å². The molecule has 1 rings (SSSR count). The lowest BCUT2D eigenvalue weighted by molar-refractivity contribution is -0.121. The van der Waals surface area contributed by atoms with Gasteiger partial charge in [-0.2, -0.15) is 0 Å². The van der Waals surface area contributed by atoms with Gasteiger partial charge in [0.2, 0.25) is 15.9 Å². The Morgan fingerprint density at radius 2 is 1.92 bits per heavy atom. The summed E-state index contributed by atoms with van der Waals surface area (Å²) in [6, 6.07) is 2.88. The van der Waals surface area contributed by atoms with Crippen molar-refractivity contribution in [3.63, 3.8) is 0 Å². The first-order chi connectivity index (χ1) is 12.1. The number of hydrogen-bond acceptors (Lipinski definition) is 4. The maximum Gasteiger partial charge on any atom is 0.232 e. The molecule has 1 N–H and O–H groups in total. The molecule has 1 aromatic rings. The molecular weight excluding hydrogens is 366 g/mol. The number of halogens is 2. The summed E-state index contributed by atoms with van der Waals surface area (Å²) < 4.78 is 56.5. The third kappa shape index (κ3) is 8.09. The molecule has 1 aromatic carbocycles. The van der Waals surface area contributed by atoms with Crippen LogP contribution in [0.2, 0.25) is 0 Å². The first-order valence-corrected chi connectivity index (χ1v) is 10.3. The molecule has 1 amide bonds. The summed E-state index contributed by atoms with van der Waals surface area (Å²) in [6.07, 6.45) is 2.18. The summed E-state index contributed by atoms with van der Waals surface area (Å²) in [6.45, 7) is 4.88. The van der Waals surface area contributed by atoms with Crippen molar-refractivity contribution in [1.82, 2.24) is 5.32 Å². The van der Waals surface area contributed by atoms with Crippen LogP contribution in [0.25, 0.3) is 0 Å². The van der Waals surface area contributed by atoms with Gasteiger partial charge in [0.1, 0.15) is 0 Å². The Labute approximate surface area is 153 Å². The zero-order valence-corrected chi connectivity index (χ0v) is 16.1. The van der Waals surface area contributed by atoms with E-state index >= 15 is 0 Å². The summed E-state index contributed by atoms with van der Waals surface area (Å²) in [5.74, 6) is -2.38. The lowest BCUT2D eigenvalue weighted by Gasteiger charge is -2.22. The maximum absolute atomic E-state index is 13.4. The second kappa shape index (κ2) is 10.4. The summed E-state index contributed by atoms with van der Waals surface area (Å²) in [5, 5.41) is 2.73. The Bertz CT molecular complexity index is 696. The number of anilines is 1. The molecule has 0 aromatic heterocycles. The molecule has 0 atom stereocenters. The molecule has 148 valence electrons. The van der Waals surface area contributed by atoms with Crippen LogP contribution in [0.5, 0.6) is 0 Å². The van der Waals surface area contributed by atoms with E-state index in [9.17, 15) is 22.0 Å². The molecule has 0 saturated heterocycles. The van der Waals surface area contributed by atoms with E-state index in [2.05, 4.69) is 5.32 Å². The van der Waals surface area contributed by atoms with Crippen molar-refractivity contribution >= 4 is 21.6 Å². The van der Waals surface area contributed by atoms with Gasteiger partial charge < -0.3 is 10.1 Å². The molecule has 0 unspecified atom stereocenters. The minimum atomic E-state index is -3.68. The lowest BCUT2D eigenvalue weighted by Crippen LogP contribution is -2.32. The van der Waals surface area contributed by atoms with Crippen LogP contribution in [0.4, 0.5) is 14.5 Å². The van der Waals surface area contributed by atoms with Crippen LogP contribution in [-0.2, 0) is 19.6 Å². The third-order valence-corrected chi connectivity index (χ3v) is 4.65. The minimum absolute atomic E-state index is 0.00616. The first kappa shape index (κ1) is 22.3. The number of nitrogens with one attached hydrogen (secondary N) is 1. The standard InChI is InChI=1S/C17H26F2N2O4S/c1-13(2)25-11-5-9-20-17(22)6-4-10-21(26(3,23)24)14-7-8-15(18)16(19)12-14/h7-8,12-13H,4-6,9-11H2,1-3H3,(H,20,22). The predicted octanol–water partition coefficient (Wildman–Crippen LogP) is 2.44. The van der Waals surface area contributed by atoms with Crippen molar-refractivity contribution in [1.29, 1.82) is 0 Å². The average Bonchev–Trinajstić information content (AvgIpc) is 2.52. The molecule has 9 heteroatoms. The monoisotopic (exact) mass is 392 g/mol. The second-order valence-corrected chi connectivity index (χ2v) is 8.07. The molecule has 0 spiro atoms. The fourth-order valence-electron chi connectivity index (χ4n) is 2.22. The fraction of sp³-hybridized carbons (Fsp3) is 0.588. The number of sulfonamides is 1. The molecule has 0 aliphatic carbocycles. The topological polar surface area (TPSA) is 75.7 Å². The first-order valence-electron chi connectivity index (χ1n) is 8.42. The molecule has 0 aliphatic rings. The molecule has 26 heavy (non-hydrogen) atoms. The largest absolute Gasteiger partial charge is 0.379 e. The number of carbonyl (C=O) groups excluding carboxylic acids is 1. The summed E-state index contributed by atoms with van der Waals surface area (Å²) in [4.78, 5) is 11.8. The summed E-state index contributed by atoms with van der Waals surface area (Å²) in [5.41, 5.74) is 0.0256. The number of benzene rings is 1. The fourth-order valence-corrected chi connectivity index (χ4v) is 3.17. The highest BCUT2D eigenvalue weighted by Crippen LogP contribution is 2.21. The van der Waals surface area contributed by atoms with Crippen molar-refractivity contribution in [3.8, 4) is 0 Å². The minimum Gasteiger partial charge on any atom is -0.379 e. The zero-order chi connectivity index (χ0) is 19.7. The number of amides is 1. The SMILES string of the molecule is CC(C)OCCCNC(=O)CCCN(c1ccc(F)c(F)c1)S(C)(=O)=O. The zero-order valence-electron chi connectivity index (χ0n) is 15.3. The van der Waals surface area contributed by atoms with E-state index in [1.54, 1.807) is 0 Å². The van der Waals surface area contributed by atoms with Crippen molar-refractivity contribution < 1.29 is 26.7 Å². The highest BCUT2D eigenvalue weighted by Gasteiger charge is 2.19. The molecule has 6 nitrogen and oxygen atoms in total. The van der Waals surface area contributed by atoms with Crippen LogP contribution >= 0.6 is 0 Å². The lowest BCUT2D eigenvalue weighted by atomic mass is 10.2. The number of rotatable bonds is 11. The van der Waals surface area contributed by atoms with Gasteiger partial charge in [-0.05, 0) is 38.8 Å². The number of carbonyl (C=O) groups is 1. The smallest absolute Gasteiger partial charge is 0.232 e. The average molecular weight is 392 g/mol. The molecule has 0 saturated carbocycles. The Hall–Kier alpha value is -1.74. The molecule has 0 aliphatic heterocycles. The van der Waals surface area contributed by atoms with Crippen LogP contribution in [0.15, 0.2) is 18.2 Å². The van der Waals surface area contributed by atoms with E-state index in [0.29, 0.717) is 19.6 Å². The van der Waals surface area contributed by atoms with Crippen molar-refractivity contribution in [2.75, 3.05) is 30.3 Å². The third-order valence-electron chi connectivity index (χ3n) is 3.45. The van der Waals surface area contributed by atoms with E-state index in [0.717, 1.165) is 22.7 Å². The van der Waals surface area contributed by atoms with E-state index in [1.165, 1.54) is 6.07 Å². The van der Waals surface area contributed by atoms with Gasteiger partial charge in [-0.15, -0.1) is 0 Å². The van der Waals surface area contributed by atoms with E-state index in [-0.39, 0.29) is 37.1 Å². The summed E-state index contributed by atoms with van der Waals surface area (Å²) in [7, 11) is -3.68. The van der Waals surface area contributed by atoms with Crippen LogP contribution in [-0.4, -0.2) is 46.4 Å². The van der Waals surface area contributed by atoms with Gasteiger partial charge in [0.05, 0.1) is 18.0 Å². The second-order valence-electron chi connectivity index (χ2n) is 6.16. The van der Waals surface area contributed by atoms with Gasteiger partial charge in [-0.1, -0.05) is 0 Å².